The molecule has 0 aliphatic rings. The summed E-state index contributed by atoms with van der Waals surface area (Å²) in [7, 11) is 0. The molecule has 0 radical (unpaired) electrons. The molecule has 6 nitrogen and oxygen atoms in total. The molecule has 0 atom stereocenters. The third kappa shape index (κ3) is 3.84. The van der Waals surface area contributed by atoms with Crippen molar-refractivity contribution < 1.29 is 14.6 Å². The Labute approximate surface area is 129 Å². The van der Waals surface area contributed by atoms with Crippen LogP contribution in [0.25, 0.3) is 5.69 Å². The Morgan fingerprint density at radius 1 is 1.23 bits per heavy atom. The number of carboxylic acid groups (broad SMARTS) is 1. The number of hydrogen-bond acceptors (Lipinski definition) is 4. The van der Waals surface area contributed by atoms with Crippen LogP contribution in [0.2, 0.25) is 0 Å². The lowest BCUT2D eigenvalue weighted by Crippen LogP contribution is -2.03. The zero-order valence-corrected chi connectivity index (χ0v) is 13.0. The van der Waals surface area contributed by atoms with Gasteiger partial charge in [0.2, 0.25) is 0 Å². The fourth-order valence-corrected chi connectivity index (χ4v) is 2.17. The average molecular weight is 303 g/mol. The van der Waals surface area contributed by atoms with Crippen LogP contribution in [0.3, 0.4) is 0 Å². The van der Waals surface area contributed by atoms with Crippen LogP contribution < -0.4 is 4.74 Å². The molecule has 0 aliphatic heterocycles. The SMILES string of the molecule is CCCCCCOc1ccc(-n2nnc(C(=O)O)c2C)cc1. The van der Waals surface area contributed by atoms with Gasteiger partial charge in [0.1, 0.15) is 5.75 Å². The van der Waals surface area contributed by atoms with E-state index in [9.17, 15) is 4.79 Å². The topological polar surface area (TPSA) is 77.2 Å². The molecule has 1 aromatic carbocycles. The number of aromatic nitrogens is 3. The van der Waals surface area contributed by atoms with Crippen LogP contribution in [0.15, 0.2) is 24.3 Å². The molecule has 0 saturated carbocycles. The summed E-state index contributed by atoms with van der Waals surface area (Å²) in [5, 5.41) is 16.5. The highest BCUT2D eigenvalue weighted by Crippen LogP contribution is 2.17. The number of benzene rings is 1. The monoisotopic (exact) mass is 303 g/mol. The van der Waals surface area contributed by atoms with Crippen molar-refractivity contribution in [3.05, 3.63) is 35.7 Å². The first-order chi connectivity index (χ1) is 10.6. The molecule has 1 heterocycles. The minimum atomic E-state index is -1.07. The molecule has 0 fully saturated rings. The highest BCUT2D eigenvalue weighted by Gasteiger charge is 2.15. The van der Waals surface area contributed by atoms with Crippen LogP contribution >= 0.6 is 0 Å². The molecule has 22 heavy (non-hydrogen) atoms. The van der Waals surface area contributed by atoms with Crippen LogP contribution in [0, 0.1) is 6.92 Å². The van der Waals surface area contributed by atoms with E-state index in [0.717, 1.165) is 17.9 Å². The van der Waals surface area contributed by atoms with Gasteiger partial charge >= 0.3 is 5.97 Å². The van der Waals surface area contributed by atoms with Gasteiger partial charge in [-0.05, 0) is 37.6 Å². The highest BCUT2D eigenvalue weighted by atomic mass is 16.5. The Hall–Kier alpha value is -2.37. The number of carboxylic acids is 1. The fraction of sp³-hybridized carbons (Fsp3) is 0.438. The van der Waals surface area contributed by atoms with Crippen molar-refractivity contribution in [3.8, 4) is 11.4 Å². The Kier molecular flexibility index (Phi) is 5.52. The molecule has 0 bridgehead atoms. The van der Waals surface area contributed by atoms with E-state index in [0.29, 0.717) is 12.3 Å². The molecule has 0 unspecified atom stereocenters. The van der Waals surface area contributed by atoms with Gasteiger partial charge in [0.05, 0.1) is 18.0 Å². The number of carbonyl (C=O) groups is 1. The van der Waals surface area contributed by atoms with E-state index in [2.05, 4.69) is 17.2 Å². The van der Waals surface area contributed by atoms with Crippen molar-refractivity contribution >= 4 is 5.97 Å². The van der Waals surface area contributed by atoms with Crippen LogP contribution in [-0.4, -0.2) is 32.7 Å². The average Bonchev–Trinajstić information content (AvgIpc) is 2.89. The van der Waals surface area contributed by atoms with Gasteiger partial charge in [0, 0.05) is 0 Å². The Morgan fingerprint density at radius 2 is 1.95 bits per heavy atom. The maximum absolute atomic E-state index is 11.0. The highest BCUT2D eigenvalue weighted by molar-refractivity contribution is 5.86. The quantitative estimate of drug-likeness (QED) is 0.758. The lowest BCUT2D eigenvalue weighted by molar-refractivity contribution is 0.0689. The van der Waals surface area contributed by atoms with Crippen LogP contribution in [-0.2, 0) is 0 Å². The smallest absolute Gasteiger partial charge is 0.358 e. The molecule has 0 saturated heterocycles. The van der Waals surface area contributed by atoms with Crippen molar-refractivity contribution in [1.82, 2.24) is 15.0 Å². The van der Waals surface area contributed by atoms with E-state index in [1.165, 1.54) is 23.9 Å². The molecule has 0 spiro atoms. The second-order valence-electron chi connectivity index (χ2n) is 5.14. The van der Waals surface area contributed by atoms with Gasteiger partial charge in [0.15, 0.2) is 5.69 Å². The summed E-state index contributed by atoms with van der Waals surface area (Å²) < 4.78 is 7.19. The Balaban J connectivity index is 1.98. The first-order valence-electron chi connectivity index (χ1n) is 7.52. The lowest BCUT2D eigenvalue weighted by Gasteiger charge is -2.07. The molecule has 2 rings (SSSR count). The van der Waals surface area contributed by atoms with Crippen molar-refractivity contribution in [2.75, 3.05) is 6.61 Å². The van der Waals surface area contributed by atoms with Gasteiger partial charge in [-0.3, -0.25) is 0 Å². The maximum atomic E-state index is 11.0. The summed E-state index contributed by atoms with van der Waals surface area (Å²) in [6, 6.07) is 7.40. The van der Waals surface area contributed by atoms with E-state index in [4.69, 9.17) is 9.84 Å². The summed E-state index contributed by atoms with van der Waals surface area (Å²) >= 11 is 0. The number of unbranched alkanes of at least 4 members (excludes halogenated alkanes) is 3. The molecule has 1 N–H and O–H groups in total. The van der Waals surface area contributed by atoms with Crippen molar-refractivity contribution in [1.29, 1.82) is 0 Å². The Morgan fingerprint density at radius 3 is 2.55 bits per heavy atom. The van der Waals surface area contributed by atoms with E-state index in [1.54, 1.807) is 6.92 Å². The summed E-state index contributed by atoms with van der Waals surface area (Å²) in [5.74, 6) is -0.271. The van der Waals surface area contributed by atoms with Gasteiger partial charge in [-0.15, -0.1) is 5.10 Å². The predicted octanol–water partition coefficient (Wildman–Crippen LogP) is 3.23. The van der Waals surface area contributed by atoms with Crippen molar-refractivity contribution in [2.45, 2.75) is 39.5 Å². The minimum Gasteiger partial charge on any atom is -0.494 e. The zero-order chi connectivity index (χ0) is 15.9. The standard InChI is InChI=1S/C16H21N3O3/c1-3-4-5-6-11-22-14-9-7-13(8-10-14)19-12(2)15(16(20)21)17-18-19/h7-10H,3-6,11H2,1-2H3,(H,20,21). The molecule has 6 heteroatoms. The third-order valence-corrected chi connectivity index (χ3v) is 3.45. The predicted molar refractivity (Wildman–Crippen MR) is 82.7 cm³/mol. The van der Waals surface area contributed by atoms with E-state index < -0.39 is 5.97 Å². The number of rotatable bonds is 8. The summed E-state index contributed by atoms with van der Waals surface area (Å²) in [6.45, 7) is 4.58. The third-order valence-electron chi connectivity index (χ3n) is 3.45. The van der Waals surface area contributed by atoms with E-state index in [-0.39, 0.29) is 5.69 Å². The normalized spacial score (nSPS) is 10.6. The molecule has 0 amide bonds. The largest absolute Gasteiger partial charge is 0.494 e. The van der Waals surface area contributed by atoms with Gasteiger partial charge < -0.3 is 9.84 Å². The molecular weight excluding hydrogens is 282 g/mol. The Bertz CT molecular complexity index is 620. The van der Waals surface area contributed by atoms with Gasteiger partial charge in [0.25, 0.3) is 0 Å². The number of aromatic carboxylic acids is 1. The zero-order valence-electron chi connectivity index (χ0n) is 13.0. The van der Waals surface area contributed by atoms with E-state index >= 15 is 0 Å². The van der Waals surface area contributed by atoms with Gasteiger partial charge in [-0.25, -0.2) is 9.48 Å². The van der Waals surface area contributed by atoms with Gasteiger partial charge in [-0.1, -0.05) is 31.4 Å². The summed E-state index contributed by atoms with van der Waals surface area (Å²) in [4.78, 5) is 11.0. The first kappa shape index (κ1) is 16.0. The first-order valence-corrected chi connectivity index (χ1v) is 7.52. The van der Waals surface area contributed by atoms with Crippen molar-refractivity contribution in [2.24, 2.45) is 0 Å². The van der Waals surface area contributed by atoms with Crippen molar-refractivity contribution in [3.63, 3.8) is 0 Å². The molecule has 118 valence electrons. The molecule has 2 aromatic rings. The van der Waals surface area contributed by atoms with E-state index in [1.807, 2.05) is 24.3 Å². The maximum Gasteiger partial charge on any atom is 0.358 e. The number of hydrogen-bond donors (Lipinski definition) is 1. The number of nitrogens with zero attached hydrogens (tertiary/aromatic N) is 3. The molecule has 0 aliphatic carbocycles. The second kappa shape index (κ2) is 7.59. The van der Waals surface area contributed by atoms with Crippen LogP contribution in [0.5, 0.6) is 5.75 Å². The second-order valence-corrected chi connectivity index (χ2v) is 5.14. The van der Waals surface area contributed by atoms with Gasteiger partial charge in [-0.2, -0.15) is 0 Å². The van der Waals surface area contributed by atoms with Crippen LogP contribution in [0.4, 0.5) is 0 Å². The number of ether oxygens (including phenoxy) is 1. The molecule has 1 aromatic heterocycles. The lowest BCUT2D eigenvalue weighted by atomic mass is 10.2. The van der Waals surface area contributed by atoms with Crippen LogP contribution in [0.1, 0.15) is 48.8 Å². The fourth-order valence-electron chi connectivity index (χ4n) is 2.17. The summed E-state index contributed by atoms with van der Waals surface area (Å²) in [5.41, 5.74) is 1.23. The molecular formula is C16H21N3O3. The minimum absolute atomic E-state index is 0.0312. The summed E-state index contributed by atoms with van der Waals surface area (Å²) in [6.07, 6.45) is 4.69.